The van der Waals surface area contributed by atoms with Gasteiger partial charge in [0.05, 0.1) is 23.7 Å². The molecule has 1 aromatic heterocycles. The van der Waals surface area contributed by atoms with Crippen LogP contribution in [0.3, 0.4) is 0 Å². The van der Waals surface area contributed by atoms with E-state index in [0.29, 0.717) is 6.61 Å². The Morgan fingerprint density at radius 3 is 2.60 bits per heavy atom. The lowest BCUT2D eigenvalue weighted by Gasteiger charge is -2.49. The number of nitrogens with zero attached hydrogens (tertiary/aromatic N) is 4. The van der Waals surface area contributed by atoms with Gasteiger partial charge in [-0.1, -0.05) is 29.8 Å². The molecule has 3 aliphatic heterocycles. The molecule has 2 fully saturated rings. The molecule has 0 unspecified atom stereocenters. The molecule has 6 rings (SSSR count). The highest BCUT2D eigenvalue weighted by atomic mass is 79.9. The second kappa shape index (κ2) is 13.1. The fraction of sp³-hybridized carbons (Fsp3) is 0.500. The predicted octanol–water partition coefficient (Wildman–Crippen LogP) is 8.32. The molecular weight excluding hydrogens is 652 g/mol. The molecule has 0 aliphatic carbocycles. The number of aromatic nitrogens is 1. The van der Waals surface area contributed by atoms with Crippen molar-refractivity contribution >= 4 is 39.3 Å². The number of piperidine rings is 1. The van der Waals surface area contributed by atoms with Gasteiger partial charge in [-0.2, -0.15) is 0 Å². The van der Waals surface area contributed by atoms with Crippen molar-refractivity contribution in [1.29, 1.82) is 0 Å². The summed E-state index contributed by atoms with van der Waals surface area (Å²) in [5.41, 5.74) is 5.10. The molecule has 9 heteroatoms. The minimum atomic E-state index is -0.510. The van der Waals surface area contributed by atoms with Crippen LogP contribution < -0.4 is 9.64 Å². The molecule has 0 radical (unpaired) electrons. The van der Waals surface area contributed by atoms with Crippen LogP contribution in [0.2, 0.25) is 5.02 Å². The Morgan fingerprint density at radius 1 is 1.09 bits per heavy atom. The number of ether oxygens (including phenoxy) is 2. The van der Waals surface area contributed by atoms with Gasteiger partial charge in [0.1, 0.15) is 11.4 Å². The first-order chi connectivity index (χ1) is 21.5. The van der Waals surface area contributed by atoms with E-state index in [9.17, 15) is 4.79 Å². The maximum atomic E-state index is 13.2. The Balaban J connectivity index is 1.30. The van der Waals surface area contributed by atoms with Gasteiger partial charge < -0.3 is 19.3 Å². The zero-order valence-corrected chi connectivity index (χ0v) is 29.2. The van der Waals surface area contributed by atoms with Crippen LogP contribution in [-0.2, 0) is 16.7 Å². The predicted molar refractivity (Wildman–Crippen MR) is 184 cm³/mol. The molecule has 0 bridgehead atoms. The molecule has 3 aliphatic rings. The summed E-state index contributed by atoms with van der Waals surface area (Å²) in [5, 5.41) is 0.732. The summed E-state index contributed by atoms with van der Waals surface area (Å²) < 4.78 is 12.8. The first-order valence-corrected chi connectivity index (χ1v) is 17.4. The molecule has 1 atom stereocenters. The van der Waals surface area contributed by atoms with Crippen molar-refractivity contribution in [2.75, 3.05) is 44.2 Å². The quantitative estimate of drug-likeness (QED) is 0.259. The van der Waals surface area contributed by atoms with Crippen LogP contribution in [0.1, 0.15) is 64.6 Å². The number of anilines is 1. The number of para-hydroxylation sites is 1. The largest absolute Gasteiger partial charge is 0.493 e. The molecule has 4 heterocycles. The molecule has 3 aromatic rings. The number of hydrogen-bond acceptors (Lipinski definition) is 6. The van der Waals surface area contributed by atoms with Crippen LogP contribution in [0.4, 0.5) is 10.5 Å². The maximum absolute atomic E-state index is 13.2. The topological polar surface area (TPSA) is 58.1 Å². The van der Waals surface area contributed by atoms with E-state index in [0.717, 1.165) is 97.1 Å². The lowest BCUT2D eigenvalue weighted by atomic mass is 9.69. The van der Waals surface area contributed by atoms with Crippen molar-refractivity contribution < 1.29 is 14.3 Å². The average molecular weight is 696 g/mol. The minimum absolute atomic E-state index is 0.0245. The van der Waals surface area contributed by atoms with Gasteiger partial charge >= 0.3 is 6.09 Å². The highest BCUT2D eigenvalue weighted by Gasteiger charge is 2.44. The highest BCUT2D eigenvalue weighted by Crippen LogP contribution is 2.44. The van der Waals surface area contributed by atoms with E-state index in [1.54, 1.807) is 0 Å². The summed E-state index contributed by atoms with van der Waals surface area (Å²) in [5.74, 6) is 0.857. The van der Waals surface area contributed by atoms with E-state index >= 15 is 0 Å². The zero-order chi connectivity index (χ0) is 31.8. The van der Waals surface area contributed by atoms with Crippen molar-refractivity contribution in [2.24, 2.45) is 0 Å². The van der Waals surface area contributed by atoms with E-state index in [1.165, 1.54) is 11.3 Å². The Kier molecular flexibility index (Phi) is 9.38. The van der Waals surface area contributed by atoms with E-state index in [2.05, 4.69) is 50.0 Å². The number of carbonyl (C=O) groups excluding carboxylic acids is 1. The summed E-state index contributed by atoms with van der Waals surface area (Å²) in [6, 6.07) is 18.9. The summed E-state index contributed by atoms with van der Waals surface area (Å²) >= 11 is 10.00. The molecule has 7 nitrogen and oxygen atoms in total. The third-order valence-corrected chi connectivity index (χ3v) is 10.2. The van der Waals surface area contributed by atoms with Gasteiger partial charge in [0, 0.05) is 65.8 Å². The zero-order valence-electron chi connectivity index (χ0n) is 26.8. The van der Waals surface area contributed by atoms with E-state index in [4.69, 9.17) is 26.1 Å². The van der Waals surface area contributed by atoms with Gasteiger partial charge in [-0.05, 0) is 111 Å². The minimum Gasteiger partial charge on any atom is -0.493 e. The van der Waals surface area contributed by atoms with Crippen molar-refractivity contribution in [3.8, 4) is 17.0 Å². The van der Waals surface area contributed by atoms with Gasteiger partial charge in [-0.3, -0.25) is 9.88 Å². The third-order valence-electron chi connectivity index (χ3n) is 9.35. The number of carbonyl (C=O) groups is 1. The molecular formula is C36H44BrClN4O3. The molecule has 1 amide bonds. The summed E-state index contributed by atoms with van der Waals surface area (Å²) in [7, 11) is 0. The molecule has 240 valence electrons. The van der Waals surface area contributed by atoms with Crippen LogP contribution in [0.25, 0.3) is 11.3 Å². The number of fused-ring (bicyclic) bond motifs is 2. The molecule has 0 N–H and O–H groups in total. The SMILES string of the molecule is CCOc1ccccc1-c1ccc2c(n1)CN(C[C@H]1CCCN1C(=O)OC(C)(C)C)CC21CCN(c2ccc(Cl)cc2Br)CC1. The number of amides is 1. The van der Waals surface area contributed by atoms with Crippen molar-refractivity contribution in [2.45, 2.75) is 77.0 Å². The van der Waals surface area contributed by atoms with Gasteiger partial charge in [0.2, 0.25) is 0 Å². The Morgan fingerprint density at radius 2 is 1.87 bits per heavy atom. The number of rotatable bonds is 6. The maximum Gasteiger partial charge on any atom is 0.410 e. The number of pyridine rings is 1. The Labute approximate surface area is 281 Å². The van der Waals surface area contributed by atoms with Crippen LogP contribution in [0.5, 0.6) is 5.75 Å². The van der Waals surface area contributed by atoms with Crippen molar-refractivity contribution in [3.05, 3.63) is 75.4 Å². The second-order valence-electron chi connectivity index (χ2n) is 13.6. The Bertz CT molecular complexity index is 1530. The monoisotopic (exact) mass is 694 g/mol. The van der Waals surface area contributed by atoms with Crippen molar-refractivity contribution in [1.82, 2.24) is 14.8 Å². The first-order valence-electron chi connectivity index (χ1n) is 16.2. The fourth-order valence-corrected chi connectivity index (χ4v) is 8.28. The lowest BCUT2D eigenvalue weighted by Crippen LogP contribution is -2.54. The number of likely N-dealkylation sites (tertiary alicyclic amines) is 1. The van der Waals surface area contributed by atoms with Crippen LogP contribution in [0, 0.1) is 0 Å². The summed E-state index contributed by atoms with van der Waals surface area (Å²) in [6.07, 6.45) is 3.82. The van der Waals surface area contributed by atoms with Gasteiger partial charge in [-0.25, -0.2) is 4.79 Å². The molecule has 0 saturated carbocycles. The van der Waals surface area contributed by atoms with Gasteiger partial charge in [0.15, 0.2) is 0 Å². The lowest BCUT2D eigenvalue weighted by molar-refractivity contribution is 0.0176. The van der Waals surface area contributed by atoms with E-state index < -0.39 is 5.60 Å². The van der Waals surface area contributed by atoms with Crippen LogP contribution >= 0.6 is 27.5 Å². The van der Waals surface area contributed by atoms with E-state index in [-0.39, 0.29) is 17.6 Å². The number of benzene rings is 2. The smallest absolute Gasteiger partial charge is 0.410 e. The van der Waals surface area contributed by atoms with Crippen molar-refractivity contribution in [3.63, 3.8) is 0 Å². The average Bonchev–Trinajstić information content (AvgIpc) is 3.45. The highest BCUT2D eigenvalue weighted by molar-refractivity contribution is 9.10. The second-order valence-corrected chi connectivity index (χ2v) is 14.9. The number of halogens is 2. The standard InChI is InChI=1S/C36H44BrClN4O3/c1-5-44-33-11-7-6-10-27(33)30-14-13-28-31(39-30)23-40(22-26-9-8-18-42(26)34(43)45-35(2,3)4)24-36(28)16-19-41(20-17-36)32-15-12-25(38)21-29(32)37/h6-7,10-15,21,26H,5,8-9,16-20,22-24H2,1-4H3/t26-/m1/s1. The van der Waals surface area contributed by atoms with Crippen LogP contribution in [0.15, 0.2) is 59.1 Å². The molecule has 2 aromatic carbocycles. The number of hydrogen-bond donors (Lipinski definition) is 0. The van der Waals surface area contributed by atoms with Gasteiger partial charge in [-0.15, -0.1) is 0 Å². The Hall–Kier alpha value is -2.81. The molecule has 45 heavy (non-hydrogen) atoms. The molecule has 1 spiro atoms. The normalized spacial score (nSPS) is 19.9. The van der Waals surface area contributed by atoms with Gasteiger partial charge in [0.25, 0.3) is 0 Å². The third kappa shape index (κ3) is 6.98. The van der Waals surface area contributed by atoms with E-state index in [1.807, 2.05) is 62.9 Å². The first kappa shape index (κ1) is 32.1. The summed E-state index contributed by atoms with van der Waals surface area (Å²) in [4.78, 5) is 25.5. The van der Waals surface area contributed by atoms with Crippen LogP contribution in [-0.4, -0.2) is 71.9 Å². The summed E-state index contributed by atoms with van der Waals surface area (Å²) in [6.45, 7) is 13.6. The fourth-order valence-electron chi connectivity index (χ4n) is 7.35. The molecule has 2 saturated heterocycles.